The maximum Gasteiger partial charge on any atom is 1.00 e. The number of benzene rings is 9. The maximum atomic E-state index is 12.6. The topological polar surface area (TPSA) is 251 Å². The molecule has 7 aliphatic rings. The molecule has 0 saturated carbocycles. The smallest absolute Gasteiger partial charge is 0.550 e. The van der Waals surface area contributed by atoms with Crippen molar-refractivity contribution in [2.24, 2.45) is 29.6 Å². The first kappa shape index (κ1) is 117. The molecule has 9 aromatic rings. The van der Waals surface area contributed by atoms with Crippen molar-refractivity contribution < 1.29 is 84.2 Å². The van der Waals surface area contributed by atoms with Gasteiger partial charge in [-0.25, -0.2) is 49.5 Å². The van der Waals surface area contributed by atoms with E-state index >= 15 is 0 Å². The summed E-state index contributed by atoms with van der Waals surface area (Å²) in [4.78, 5) is 110. The molecule has 21 nitrogen and oxygen atoms in total. The first-order chi connectivity index (χ1) is 62.5. The first-order valence-electron chi connectivity index (χ1n) is 44.3. The Hall–Kier alpha value is -8.12. The number of anilines is 5. The average Bonchev–Trinajstić information content (AvgIpc) is 1.50. The van der Waals surface area contributed by atoms with Gasteiger partial charge in [0.15, 0.2) is 0 Å². The summed E-state index contributed by atoms with van der Waals surface area (Å²) in [6.07, 6.45) is 6.14. The molecule has 0 bridgehead atoms. The summed E-state index contributed by atoms with van der Waals surface area (Å²) in [5.41, 5.74) is 18.5. The predicted octanol–water partition coefficient (Wildman–Crippen LogP) is 15.6. The Kier molecular flexibility index (Phi) is 57.1. The number of carboxylic acids is 1. The van der Waals surface area contributed by atoms with Gasteiger partial charge in [-0.3, -0.25) is 43.6 Å². The van der Waals surface area contributed by atoms with Gasteiger partial charge in [0.25, 0.3) is 0 Å². The Morgan fingerprint density at radius 2 is 0.842 bits per heavy atom. The summed E-state index contributed by atoms with van der Waals surface area (Å²) < 4.78 is 0. The third-order valence-corrected chi connectivity index (χ3v) is 23.6. The molecule has 30 heteroatoms. The van der Waals surface area contributed by atoms with Gasteiger partial charge < -0.3 is 41.0 Å². The summed E-state index contributed by atoms with van der Waals surface area (Å²) in [7, 11) is 14.8. The zero-order valence-corrected chi connectivity index (χ0v) is 85.1. The second kappa shape index (κ2) is 64.8. The van der Waals surface area contributed by atoms with Crippen LogP contribution in [0.1, 0.15) is 130 Å². The van der Waals surface area contributed by atoms with Crippen LogP contribution in [0.25, 0.3) is 0 Å². The molecule has 7 heterocycles. The molecule has 3 amide bonds. The Bertz CT molecular complexity index is 4840. The molecule has 0 aromatic heterocycles. The number of nitrogens with zero attached hydrogens (tertiary/aromatic N) is 7. The van der Waals surface area contributed by atoms with Gasteiger partial charge in [0.2, 0.25) is 23.0 Å². The van der Waals surface area contributed by atoms with Crippen molar-refractivity contribution in [2.75, 3.05) is 103 Å². The van der Waals surface area contributed by atoms with E-state index in [1.807, 2.05) is 114 Å². The molecule has 5 fully saturated rings. The molecule has 16 rings (SSSR count). The van der Waals surface area contributed by atoms with Crippen molar-refractivity contribution in [3.05, 3.63) is 294 Å². The number of piperidine rings is 5. The van der Waals surface area contributed by atoms with E-state index in [9.17, 15) is 33.6 Å². The van der Waals surface area contributed by atoms with Gasteiger partial charge in [-0.1, -0.05) is 254 Å². The van der Waals surface area contributed by atoms with E-state index in [4.69, 9.17) is 80.6 Å². The van der Waals surface area contributed by atoms with Crippen LogP contribution in [0.15, 0.2) is 261 Å². The van der Waals surface area contributed by atoms with E-state index in [-0.39, 0.29) is 88.3 Å². The van der Waals surface area contributed by atoms with Crippen LogP contribution in [0, 0.1) is 29.6 Å². The number of Topliss-reactive ketones (excluding diaryl/α,β-unsaturated/α-hetero) is 1. The maximum absolute atomic E-state index is 12.6. The molecule has 4 N–H and O–H groups in total. The van der Waals surface area contributed by atoms with E-state index in [1.165, 1.54) is 58.6 Å². The molecule has 7 aliphatic heterocycles. The van der Waals surface area contributed by atoms with Crippen molar-refractivity contribution in [3.8, 4) is 0 Å². The van der Waals surface area contributed by atoms with Crippen molar-refractivity contribution in [1.82, 2.24) is 24.9 Å². The van der Waals surface area contributed by atoms with Crippen LogP contribution < -0.4 is 65.7 Å². The number of para-hydroxylation sites is 5. The average molecular weight is 1960 g/mol. The molecule has 0 aliphatic carbocycles. The number of amides is 3. The molecule has 3 radical (unpaired) electrons. The monoisotopic (exact) mass is 1960 g/mol. The van der Waals surface area contributed by atoms with Crippen LogP contribution >= 0.6 is 65.0 Å². The van der Waals surface area contributed by atoms with Gasteiger partial charge in [0, 0.05) is 173 Å². The van der Waals surface area contributed by atoms with E-state index < -0.39 is 34.5 Å². The standard InChI is InChI=1S/C21H25ClN2O.C21H24N2O.C19H24N2.C14H18N2O.C13H17NO.C6H7N.C4H6O4.C2H2Cl2O.C2H4O2.CH4.Al.B.3ClH.Na.H2/c1-17-15-23(16-18-8-4-2-5-9-18)13-12-20(17)24(21(25)14-22)19-10-6-3-7-11-19;1-16-14-22(15-17-7-3-2-4-8-17)12-11-19(16)23-20-10-6-5-9-18(20)13-21(23)24;1-16-14-21(15-17-8-4-2-5-9-17)13-12-19(16)20-18-10-6-3-7-11-18;1-10-9-15-7-6-12(10)16-13-5-3-2-4-11(13)8-14(16)17;1-11-9-14(8-7-13(11)15)10-12-5-3-2-4-6-12;7-6-4-2-1-3-5-6;1-3(5)7-8-4(2)6;3-1-2(4)5;1-2(3)4;;;;;;;;/h2-11,17,20H,12-16H2,1H3;2-10,16,19H,11-15H2,1H3;2-11,16,19-20H,12-15H2,1H3;2-5,10,12,15H,6-9H2,1H3;2-6,11H,7-10H2,1H3;1-5H,7H2;1-2H3;1H2;1H3,(H,3,4);1H4;;;3*1H;;1H/q;;;;;;;;;;+3;;;;;+1;/p-4/t17-,20-;2*16-,19-;10-,12-;;;;;;;;;;;;;/m1111............./s1. The SMILES string of the molecule is C.CC(=O)OOC(C)=O.CC(=O)[O-].CC1CN(Cc2ccccc2)CCC1=O.C[C@@H]1CN(Cc2ccccc2)CC[C@H]1N(C(=O)CCl)c1ccccc1.C[C@@H]1CN(Cc2ccccc2)CC[C@H]1N1C(=O)Cc2ccccc21.C[C@@H]1CN(Cc2ccccc2)CC[C@H]1Nc1ccccc1.C[C@@H]1CNCC[C@H]1N1C(=O)Cc2ccccc21.Nc1ccccc1.O=C(Cl)CCl.[B].[Cl][Al]([Cl])[Cl].[HH].[Na+]. The van der Waals surface area contributed by atoms with E-state index in [1.54, 1.807) is 0 Å². The number of hydrogen-bond acceptors (Lipinski definition) is 18. The van der Waals surface area contributed by atoms with Crippen molar-refractivity contribution in [1.29, 1.82) is 0 Å². The summed E-state index contributed by atoms with van der Waals surface area (Å²) in [5.74, 6) is 0.787. The number of carbonyl (C=O) groups is 8. The second-order valence-corrected chi connectivity index (χ2v) is 40.6. The van der Waals surface area contributed by atoms with Crippen molar-refractivity contribution in [2.45, 2.75) is 158 Å². The number of nitrogens with two attached hydrogens (primary N) is 1. The molecule has 1 unspecified atom stereocenters. The van der Waals surface area contributed by atoms with Crippen LogP contribution in [0.2, 0.25) is 0 Å². The van der Waals surface area contributed by atoms with Crippen LogP contribution in [-0.4, -0.2) is 187 Å². The van der Waals surface area contributed by atoms with Gasteiger partial charge in [-0.2, -0.15) is 0 Å². The third-order valence-electron chi connectivity index (χ3n) is 22.8. The summed E-state index contributed by atoms with van der Waals surface area (Å²) >= 11 is 13.7. The number of likely N-dealkylation sites (tertiary alicyclic amines) is 4. The minimum atomic E-state index is -1.72. The number of rotatable bonds is 16. The number of carboxylic acid groups (broad SMARTS) is 1. The van der Waals surface area contributed by atoms with E-state index in [0.29, 0.717) is 66.8 Å². The Morgan fingerprint density at radius 1 is 0.489 bits per heavy atom. The van der Waals surface area contributed by atoms with Crippen molar-refractivity contribution in [3.63, 3.8) is 0 Å². The molecule has 5 saturated heterocycles. The van der Waals surface area contributed by atoms with Crippen LogP contribution in [0.4, 0.5) is 28.4 Å². The largest absolute Gasteiger partial charge is 1.00 e. The van der Waals surface area contributed by atoms with Crippen LogP contribution in [0.3, 0.4) is 0 Å². The Balaban J connectivity index is 0.000000402. The van der Waals surface area contributed by atoms with Crippen LogP contribution in [0.5, 0.6) is 0 Å². The minimum Gasteiger partial charge on any atom is -0.550 e. The molecule has 133 heavy (non-hydrogen) atoms. The van der Waals surface area contributed by atoms with Gasteiger partial charge in [0.1, 0.15) is 11.7 Å². The summed E-state index contributed by atoms with van der Waals surface area (Å²) in [5, 5.41) is 15.5. The quantitative estimate of drug-likeness (QED) is 0.0203. The van der Waals surface area contributed by atoms with Gasteiger partial charge >= 0.3 is 52.9 Å². The fourth-order valence-corrected chi connectivity index (χ4v) is 17.0. The number of ketones is 1. The number of hydrogen-bond donors (Lipinski definition) is 3. The van der Waals surface area contributed by atoms with Crippen LogP contribution in [-0.2, 0) is 87.2 Å². The number of alkyl halides is 2. The molecular weight excluding hydrogens is 1830 g/mol. The van der Waals surface area contributed by atoms with Gasteiger partial charge in [-0.05, 0) is 163 Å². The van der Waals surface area contributed by atoms with Gasteiger partial charge in [-0.15, -0.1) is 23.2 Å². The number of fused-ring (bicyclic) bond motifs is 2. The zero-order valence-electron chi connectivity index (χ0n) is 77.4. The predicted molar refractivity (Wildman–Crippen MR) is 543 cm³/mol. The fraction of sp³-hybridized carbons (Fsp3) is 0.398. The third kappa shape index (κ3) is 43.4. The summed E-state index contributed by atoms with van der Waals surface area (Å²) in [6, 6.07) is 90.3. The molecule has 9 aromatic carbocycles. The molecule has 709 valence electrons. The normalized spacial score (nSPS) is 19.7. The van der Waals surface area contributed by atoms with Gasteiger partial charge in [0.05, 0.1) is 18.7 Å². The van der Waals surface area contributed by atoms with E-state index in [2.05, 4.69) is 236 Å². The number of carbonyl (C=O) groups excluding carboxylic acids is 8. The summed E-state index contributed by atoms with van der Waals surface area (Å²) in [6.45, 7) is 28.7. The van der Waals surface area contributed by atoms with E-state index in [0.717, 1.165) is 141 Å². The number of nitrogen functional groups attached to an aromatic ring is 1. The number of halogens is 6. The molecule has 0 spiro atoms. The minimum absolute atomic E-state index is 0. The Labute approximate surface area is 846 Å². The number of nitrogens with one attached hydrogen (secondary N) is 2. The molecule has 9 atom stereocenters. The second-order valence-electron chi connectivity index (χ2n) is 33.2. The van der Waals surface area contributed by atoms with Crippen molar-refractivity contribution >= 4 is 160 Å². The zero-order chi connectivity index (χ0) is 94.3. The molecular formula is C103H132AlBCl6N10NaO11. The fourth-order valence-electron chi connectivity index (χ4n) is 16.8. The first-order valence-corrected chi connectivity index (χ1v) is 51.0. The Morgan fingerprint density at radius 3 is 1.20 bits per heavy atom. The number of aliphatic carboxylic acids is 1.